The molecule has 0 amide bonds. The molecule has 1 aromatic heterocycles. The van der Waals surface area contributed by atoms with Gasteiger partial charge in [-0.2, -0.15) is 0 Å². The van der Waals surface area contributed by atoms with Crippen molar-refractivity contribution in [1.29, 1.82) is 0 Å². The summed E-state index contributed by atoms with van der Waals surface area (Å²) in [6.45, 7) is 4.73. The normalized spacial score (nSPS) is 13.1. The molecular weight excluding hydrogens is 635 g/mol. The molecule has 2 heteroatoms. The van der Waals surface area contributed by atoms with Crippen LogP contribution in [-0.4, -0.2) is 0 Å². The van der Waals surface area contributed by atoms with E-state index in [4.69, 9.17) is 0 Å². The van der Waals surface area contributed by atoms with E-state index in [0.717, 1.165) is 11.4 Å². The fourth-order valence-electron chi connectivity index (χ4n) is 8.29. The first-order valence-corrected chi connectivity index (χ1v) is 18.5. The van der Waals surface area contributed by atoms with Gasteiger partial charge in [-0.15, -0.1) is 11.3 Å². The van der Waals surface area contributed by atoms with Gasteiger partial charge in [-0.25, -0.2) is 0 Å². The van der Waals surface area contributed by atoms with Gasteiger partial charge in [0, 0.05) is 47.7 Å². The fraction of sp³-hybridized carbons (Fsp3) is 0.0612. The number of nitrogens with zero attached hydrogens (tertiary/aromatic N) is 1. The number of anilines is 3. The Morgan fingerprint density at radius 1 is 0.412 bits per heavy atom. The van der Waals surface area contributed by atoms with Crippen molar-refractivity contribution in [1.82, 2.24) is 0 Å². The van der Waals surface area contributed by atoms with Crippen LogP contribution in [0.5, 0.6) is 0 Å². The molecule has 9 aromatic rings. The van der Waals surface area contributed by atoms with Gasteiger partial charge in [0.2, 0.25) is 0 Å². The lowest BCUT2D eigenvalue weighted by atomic mass is 9.82. The van der Waals surface area contributed by atoms with Crippen LogP contribution in [0.2, 0.25) is 0 Å². The van der Waals surface area contributed by atoms with Crippen molar-refractivity contribution in [3.63, 3.8) is 0 Å². The Balaban J connectivity index is 1.25. The molecule has 1 nitrogen and oxygen atoms in total. The van der Waals surface area contributed by atoms with Gasteiger partial charge < -0.3 is 4.90 Å². The largest absolute Gasteiger partial charge is 0.310 e. The molecule has 0 atom stereocenters. The Kier molecular flexibility index (Phi) is 6.78. The molecule has 0 spiro atoms. The number of hydrogen-bond donors (Lipinski definition) is 0. The van der Waals surface area contributed by atoms with Crippen LogP contribution >= 0.6 is 11.3 Å². The van der Waals surface area contributed by atoms with Crippen LogP contribution in [-0.2, 0) is 5.41 Å². The maximum atomic E-state index is 2.50. The molecule has 0 radical (unpaired) electrons. The number of rotatable bonds is 5. The molecule has 1 aliphatic rings. The lowest BCUT2D eigenvalue weighted by Gasteiger charge is -2.29. The first-order valence-electron chi connectivity index (χ1n) is 17.7. The molecular formula is C49H35NS. The first-order chi connectivity index (χ1) is 25.0. The van der Waals surface area contributed by atoms with E-state index in [1.165, 1.54) is 81.1 Å². The van der Waals surface area contributed by atoms with Crippen LogP contribution in [0.25, 0.3) is 64.3 Å². The summed E-state index contributed by atoms with van der Waals surface area (Å²) >= 11 is 1.90. The van der Waals surface area contributed by atoms with E-state index < -0.39 is 0 Å². The quantitative estimate of drug-likeness (QED) is 0.176. The minimum atomic E-state index is -0.108. The van der Waals surface area contributed by atoms with E-state index in [-0.39, 0.29) is 5.41 Å². The van der Waals surface area contributed by atoms with Crippen molar-refractivity contribution >= 4 is 59.3 Å². The van der Waals surface area contributed by atoms with Crippen LogP contribution < -0.4 is 4.90 Å². The van der Waals surface area contributed by atoms with Crippen LogP contribution in [0.1, 0.15) is 25.0 Å². The highest BCUT2D eigenvalue weighted by Gasteiger charge is 2.36. The first kappa shape index (κ1) is 29.9. The zero-order chi connectivity index (χ0) is 34.1. The van der Waals surface area contributed by atoms with Crippen LogP contribution in [0.15, 0.2) is 176 Å². The Morgan fingerprint density at radius 2 is 1.04 bits per heavy atom. The number of hydrogen-bond acceptors (Lipinski definition) is 2. The van der Waals surface area contributed by atoms with Gasteiger partial charge in [0.05, 0.1) is 5.69 Å². The highest BCUT2D eigenvalue weighted by molar-refractivity contribution is 7.26. The molecule has 1 heterocycles. The Morgan fingerprint density at radius 3 is 1.82 bits per heavy atom. The van der Waals surface area contributed by atoms with Gasteiger partial charge in [-0.1, -0.05) is 147 Å². The van der Waals surface area contributed by atoms with E-state index in [2.05, 4.69) is 195 Å². The zero-order valence-corrected chi connectivity index (χ0v) is 29.4. The summed E-state index contributed by atoms with van der Waals surface area (Å²) in [5.41, 5.74) is 13.7. The average Bonchev–Trinajstić information content (AvgIpc) is 3.67. The monoisotopic (exact) mass is 669 g/mol. The highest BCUT2D eigenvalue weighted by atomic mass is 32.1. The molecule has 0 aliphatic heterocycles. The van der Waals surface area contributed by atoms with Gasteiger partial charge >= 0.3 is 0 Å². The van der Waals surface area contributed by atoms with E-state index in [0.29, 0.717) is 0 Å². The van der Waals surface area contributed by atoms with Crippen molar-refractivity contribution in [3.05, 3.63) is 187 Å². The summed E-state index contributed by atoms with van der Waals surface area (Å²) in [7, 11) is 0. The average molecular weight is 670 g/mol. The van der Waals surface area contributed by atoms with Gasteiger partial charge in [-0.3, -0.25) is 0 Å². The molecule has 1 aliphatic carbocycles. The number of fused-ring (bicyclic) bond motifs is 8. The third-order valence-corrected chi connectivity index (χ3v) is 12.1. The van der Waals surface area contributed by atoms with E-state index in [1.54, 1.807) is 0 Å². The molecule has 0 N–H and O–H groups in total. The second-order valence-corrected chi connectivity index (χ2v) is 15.2. The van der Waals surface area contributed by atoms with E-state index in [9.17, 15) is 0 Å². The summed E-state index contributed by atoms with van der Waals surface area (Å²) in [6.07, 6.45) is 0. The van der Waals surface area contributed by atoms with E-state index in [1.807, 2.05) is 11.3 Å². The van der Waals surface area contributed by atoms with Crippen molar-refractivity contribution in [2.45, 2.75) is 19.3 Å². The fourth-order valence-corrected chi connectivity index (χ4v) is 9.49. The summed E-state index contributed by atoms with van der Waals surface area (Å²) in [5.74, 6) is 0. The molecule has 0 bridgehead atoms. The van der Waals surface area contributed by atoms with Crippen LogP contribution in [0.4, 0.5) is 17.1 Å². The molecule has 0 saturated carbocycles. The second-order valence-electron chi connectivity index (χ2n) is 14.1. The van der Waals surface area contributed by atoms with Gasteiger partial charge in [0.25, 0.3) is 0 Å². The topological polar surface area (TPSA) is 3.24 Å². The van der Waals surface area contributed by atoms with E-state index >= 15 is 0 Å². The Hall–Kier alpha value is -5.96. The molecule has 51 heavy (non-hydrogen) atoms. The summed E-state index contributed by atoms with van der Waals surface area (Å²) < 4.78 is 2.64. The second kappa shape index (κ2) is 11.6. The zero-order valence-electron chi connectivity index (χ0n) is 28.6. The van der Waals surface area contributed by atoms with Crippen molar-refractivity contribution in [2.75, 3.05) is 4.90 Å². The van der Waals surface area contributed by atoms with Crippen LogP contribution in [0, 0.1) is 0 Å². The molecule has 10 rings (SSSR count). The number of benzene rings is 8. The molecule has 8 aromatic carbocycles. The Bertz CT molecular complexity index is 2770. The van der Waals surface area contributed by atoms with Crippen molar-refractivity contribution in [3.8, 4) is 33.4 Å². The predicted octanol–water partition coefficient (Wildman–Crippen LogP) is 14.3. The molecule has 0 saturated heterocycles. The van der Waals surface area contributed by atoms with Crippen molar-refractivity contribution in [2.24, 2.45) is 0 Å². The SMILES string of the molecule is CC1(C)c2ccccc2-c2ccc(N(c3cccc(-c4ccccc4)c3)c3cc4c5cc(-c6ccccc6)ccc5sc4c4ccccc34)cc21. The maximum Gasteiger partial charge on any atom is 0.0547 e. The minimum Gasteiger partial charge on any atom is -0.310 e. The van der Waals surface area contributed by atoms with Crippen LogP contribution in [0.3, 0.4) is 0 Å². The minimum absolute atomic E-state index is 0.108. The third kappa shape index (κ3) is 4.75. The number of thiophene rings is 1. The highest BCUT2D eigenvalue weighted by Crippen LogP contribution is 2.52. The summed E-state index contributed by atoms with van der Waals surface area (Å²) in [4.78, 5) is 2.50. The summed E-state index contributed by atoms with van der Waals surface area (Å²) in [6, 6.07) is 64.9. The third-order valence-electron chi connectivity index (χ3n) is 10.8. The molecule has 242 valence electrons. The lowest BCUT2D eigenvalue weighted by Crippen LogP contribution is -2.16. The van der Waals surface area contributed by atoms with Crippen molar-refractivity contribution < 1.29 is 0 Å². The van der Waals surface area contributed by atoms with Gasteiger partial charge in [-0.05, 0) is 87.0 Å². The Labute approximate surface area is 302 Å². The van der Waals surface area contributed by atoms with Gasteiger partial charge in [0.15, 0.2) is 0 Å². The smallest absolute Gasteiger partial charge is 0.0547 e. The van der Waals surface area contributed by atoms with Gasteiger partial charge in [0.1, 0.15) is 0 Å². The predicted molar refractivity (Wildman–Crippen MR) is 220 cm³/mol. The lowest BCUT2D eigenvalue weighted by molar-refractivity contribution is 0.660. The molecule has 0 fully saturated rings. The molecule has 0 unspecified atom stereocenters. The standard InChI is InChI=1S/C49H35NS/c1-49(2)44-23-12-11-20-38(44)39-26-25-37(30-45(39)49)50(36-19-13-18-34(28-36)32-14-5-3-6-15-32)46-31-43-42-29-35(33-16-7-4-8-17-33)24-27-47(42)51-48(43)41-22-10-9-21-40(41)46/h3-31H,1-2H3. The maximum absolute atomic E-state index is 2.50. The summed E-state index contributed by atoms with van der Waals surface area (Å²) in [5, 5.41) is 5.12.